The maximum Gasteiger partial charge on any atom is 0.257 e. The van der Waals surface area contributed by atoms with Crippen LogP contribution in [-0.2, 0) is 0 Å². The lowest BCUT2D eigenvalue weighted by molar-refractivity contribution is -0.429. The smallest absolute Gasteiger partial charge is 0.257 e. The summed E-state index contributed by atoms with van der Waals surface area (Å²) in [4.78, 5) is 16.0. The fourth-order valence-corrected chi connectivity index (χ4v) is 2.66. The van der Waals surface area contributed by atoms with Crippen LogP contribution in [0.5, 0.6) is 0 Å². The number of carbonyl (C=O) groups is 1. The van der Waals surface area contributed by atoms with E-state index in [-0.39, 0.29) is 11.9 Å². The number of aryl methyl sites for hydroxylation is 1. The van der Waals surface area contributed by atoms with E-state index in [1.807, 2.05) is 49.2 Å². The maximum absolute atomic E-state index is 13.3. The summed E-state index contributed by atoms with van der Waals surface area (Å²) in [6.45, 7) is 3.55. The zero-order valence-electron chi connectivity index (χ0n) is 16.0. The molecule has 0 radical (unpaired) electrons. The standard InChI is InChI=1S/C21H22FN5O/c1-14-9-17(11-25-20(14)22)21(28)26-18-6-4-5-16(10-18)15(2)23-7-8-24-19-12-27(3)13-19/h4-13,15,24H,1-3H3,(H,26,28). The van der Waals surface area contributed by atoms with E-state index in [1.165, 1.54) is 12.3 Å². The number of amides is 1. The molecule has 1 aromatic carbocycles. The number of nitrogens with one attached hydrogen (secondary N) is 2. The summed E-state index contributed by atoms with van der Waals surface area (Å²) in [7, 11) is 1.96. The lowest BCUT2D eigenvalue weighted by atomic mass is 10.1. The van der Waals surface area contributed by atoms with E-state index in [9.17, 15) is 9.18 Å². The topological polar surface area (TPSA) is 71.1 Å². The van der Waals surface area contributed by atoms with Crippen molar-refractivity contribution >= 4 is 17.8 Å². The number of aromatic nitrogens is 1. The van der Waals surface area contributed by atoms with Gasteiger partial charge in [0.15, 0.2) is 18.1 Å². The number of pyridine rings is 1. The Labute approximate surface area is 163 Å². The van der Waals surface area contributed by atoms with E-state index in [2.05, 4.69) is 20.9 Å². The van der Waals surface area contributed by atoms with Crippen molar-refractivity contribution < 1.29 is 13.8 Å². The Morgan fingerprint density at radius 2 is 2.14 bits per heavy atom. The molecule has 0 bridgehead atoms. The van der Waals surface area contributed by atoms with Gasteiger partial charge in [-0.3, -0.25) is 4.79 Å². The molecule has 0 fully saturated rings. The Hall–Kier alpha value is -3.48. The molecule has 3 rings (SSSR count). The summed E-state index contributed by atoms with van der Waals surface area (Å²) in [5, 5.41) is 10.4. The van der Waals surface area contributed by atoms with Crippen LogP contribution in [0.1, 0.15) is 34.5 Å². The molecular formula is C21H22FN5O. The second-order valence-corrected chi connectivity index (χ2v) is 6.58. The minimum atomic E-state index is -0.574. The number of benzene rings is 1. The van der Waals surface area contributed by atoms with E-state index >= 15 is 0 Å². The van der Waals surface area contributed by atoms with Crippen LogP contribution in [-0.4, -0.2) is 28.7 Å². The SMILES string of the molecule is Cc1cc(C(=O)Nc2cccc(C(C)[N-]C=CNC3=C[N+](C)=C3)c2)cnc1F. The zero-order valence-corrected chi connectivity index (χ0v) is 16.0. The molecule has 7 heteroatoms. The molecule has 0 saturated carbocycles. The highest BCUT2D eigenvalue weighted by atomic mass is 19.1. The van der Waals surface area contributed by atoms with Gasteiger partial charge in [-0.1, -0.05) is 30.7 Å². The molecule has 1 atom stereocenters. The van der Waals surface area contributed by atoms with Gasteiger partial charge in [0.1, 0.15) is 7.05 Å². The summed E-state index contributed by atoms with van der Waals surface area (Å²) in [6, 6.07) is 8.87. The highest BCUT2D eigenvalue weighted by Gasteiger charge is 2.10. The molecular weight excluding hydrogens is 357 g/mol. The largest absolute Gasteiger partial charge is 0.683 e. The molecule has 28 heavy (non-hydrogen) atoms. The third-order valence-corrected chi connectivity index (χ3v) is 4.22. The van der Waals surface area contributed by atoms with Crippen molar-refractivity contribution in [2.45, 2.75) is 19.9 Å². The second-order valence-electron chi connectivity index (χ2n) is 6.58. The molecule has 2 N–H and O–H groups in total. The van der Waals surface area contributed by atoms with Crippen molar-refractivity contribution in [1.82, 2.24) is 10.3 Å². The summed E-state index contributed by atoms with van der Waals surface area (Å²) in [5.74, 6) is -0.911. The fraction of sp³-hybridized carbons (Fsp3) is 0.190. The van der Waals surface area contributed by atoms with Crippen molar-refractivity contribution in [2.24, 2.45) is 0 Å². The van der Waals surface area contributed by atoms with Gasteiger partial charge in [0.25, 0.3) is 5.91 Å². The molecule has 1 aliphatic rings. The molecule has 0 spiro atoms. The average molecular weight is 379 g/mol. The second kappa shape index (κ2) is 8.47. The van der Waals surface area contributed by atoms with E-state index in [1.54, 1.807) is 25.4 Å². The highest BCUT2D eigenvalue weighted by molar-refractivity contribution is 6.04. The van der Waals surface area contributed by atoms with Crippen LogP contribution in [0, 0.1) is 12.9 Å². The first-order chi connectivity index (χ1) is 13.4. The normalized spacial score (nSPS) is 14.0. The Balaban J connectivity index is 1.58. The van der Waals surface area contributed by atoms with Crippen molar-refractivity contribution in [3.05, 3.63) is 88.8 Å². The molecule has 1 aromatic heterocycles. The van der Waals surface area contributed by atoms with Crippen molar-refractivity contribution in [3.63, 3.8) is 0 Å². The molecule has 0 saturated heterocycles. The summed E-state index contributed by atoms with van der Waals surface area (Å²) in [6.07, 6.45) is 8.66. The van der Waals surface area contributed by atoms with Crippen LogP contribution in [0.4, 0.5) is 10.1 Å². The van der Waals surface area contributed by atoms with E-state index < -0.39 is 5.95 Å². The number of hydrogen-bond donors (Lipinski definition) is 2. The fourth-order valence-electron chi connectivity index (χ4n) is 2.66. The average Bonchev–Trinajstić information content (AvgIpc) is 2.65. The first-order valence-corrected chi connectivity index (χ1v) is 8.86. The number of anilines is 1. The molecule has 0 aliphatic carbocycles. The molecule has 1 aliphatic heterocycles. The maximum atomic E-state index is 13.3. The summed E-state index contributed by atoms with van der Waals surface area (Å²) < 4.78 is 15.2. The van der Waals surface area contributed by atoms with Gasteiger partial charge in [-0.25, -0.2) is 9.56 Å². The number of halogens is 1. The predicted octanol–water partition coefficient (Wildman–Crippen LogP) is 3.85. The number of nitrogens with zero attached hydrogens (tertiary/aromatic N) is 3. The van der Waals surface area contributed by atoms with Gasteiger partial charge in [-0.2, -0.15) is 10.6 Å². The molecule has 144 valence electrons. The van der Waals surface area contributed by atoms with E-state index in [0.29, 0.717) is 16.8 Å². The predicted molar refractivity (Wildman–Crippen MR) is 108 cm³/mol. The minimum Gasteiger partial charge on any atom is -0.683 e. The van der Waals surface area contributed by atoms with Crippen LogP contribution in [0.3, 0.4) is 0 Å². The Kier molecular flexibility index (Phi) is 5.84. The van der Waals surface area contributed by atoms with Gasteiger partial charge >= 0.3 is 0 Å². The Morgan fingerprint density at radius 3 is 2.86 bits per heavy atom. The third kappa shape index (κ3) is 4.82. The van der Waals surface area contributed by atoms with Gasteiger partial charge in [-0.15, -0.1) is 0 Å². The van der Waals surface area contributed by atoms with Crippen LogP contribution < -0.4 is 10.6 Å². The molecule has 1 amide bonds. The summed E-state index contributed by atoms with van der Waals surface area (Å²) >= 11 is 0. The van der Waals surface area contributed by atoms with Crippen molar-refractivity contribution in [2.75, 3.05) is 12.4 Å². The lowest BCUT2D eigenvalue weighted by Gasteiger charge is -2.26. The van der Waals surface area contributed by atoms with Crippen LogP contribution in [0.15, 0.2) is 60.8 Å². The first kappa shape index (κ1) is 19.3. The van der Waals surface area contributed by atoms with Gasteiger partial charge in [-0.05, 0) is 31.3 Å². The highest BCUT2D eigenvalue weighted by Crippen LogP contribution is 2.24. The molecule has 2 aromatic rings. The van der Waals surface area contributed by atoms with E-state index in [0.717, 1.165) is 11.3 Å². The zero-order chi connectivity index (χ0) is 20.1. The van der Waals surface area contributed by atoms with Gasteiger partial charge < -0.3 is 16.0 Å². The molecule has 2 heterocycles. The lowest BCUT2D eigenvalue weighted by Crippen LogP contribution is -2.21. The minimum absolute atomic E-state index is 0.0772. The van der Waals surface area contributed by atoms with Crippen molar-refractivity contribution in [3.8, 4) is 0 Å². The molecule has 6 nitrogen and oxygen atoms in total. The van der Waals surface area contributed by atoms with Crippen LogP contribution in [0.25, 0.3) is 5.32 Å². The number of rotatable bonds is 7. The number of carbonyl (C=O) groups excluding carboxylic acids is 1. The molecule has 1 unspecified atom stereocenters. The van der Waals surface area contributed by atoms with Gasteiger partial charge in [0.2, 0.25) is 5.95 Å². The van der Waals surface area contributed by atoms with E-state index in [4.69, 9.17) is 0 Å². The van der Waals surface area contributed by atoms with Crippen molar-refractivity contribution in [1.29, 1.82) is 0 Å². The number of hydrogen-bond acceptors (Lipinski definition) is 3. The van der Waals surface area contributed by atoms with Crippen LogP contribution >= 0.6 is 0 Å². The monoisotopic (exact) mass is 379 g/mol. The summed E-state index contributed by atoms with van der Waals surface area (Å²) in [5.41, 5.74) is 3.27. The van der Waals surface area contributed by atoms with Gasteiger partial charge in [0.05, 0.1) is 5.56 Å². The van der Waals surface area contributed by atoms with Crippen LogP contribution in [0.2, 0.25) is 0 Å². The Bertz CT molecular complexity index is 981. The first-order valence-electron chi connectivity index (χ1n) is 8.86. The third-order valence-electron chi connectivity index (χ3n) is 4.22. The Morgan fingerprint density at radius 1 is 1.36 bits per heavy atom. The van der Waals surface area contributed by atoms with Gasteiger partial charge in [0, 0.05) is 17.4 Å². The quantitative estimate of drug-likeness (QED) is 0.567. The number of allylic oxidation sites excluding steroid dienone is 1.